The van der Waals surface area contributed by atoms with Crippen molar-refractivity contribution in [3.63, 3.8) is 0 Å². The molecule has 0 heterocycles. The molecule has 0 unspecified atom stereocenters. The highest BCUT2D eigenvalue weighted by atomic mass is 16.2. The van der Waals surface area contributed by atoms with Crippen LogP contribution in [0.3, 0.4) is 0 Å². The Labute approximate surface area is 122 Å². The number of amides is 1. The molecule has 20 heavy (non-hydrogen) atoms. The van der Waals surface area contributed by atoms with Gasteiger partial charge < -0.3 is 11.1 Å². The highest BCUT2D eigenvalue weighted by molar-refractivity contribution is 5.77. The lowest BCUT2D eigenvalue weighted by Gasteiger charge is -2.20. The predicted molar refractivity (Wildman–Crippen MR) is 84.3 cm³/mol. The summed E-state index contributed by atoms with van der Waals surface area (Å²) in [4.78, 5) is 14.0. The van der Waals surface area contributed by atoms with Crippen LogP contribution < -0.4 is 11.1 Å². The molecule has 0 aliphatic heterocycles. The summed E-state index contributed by atoms with van der Waals surface area (Å²) in [6.07, 6.45) is 1.02. The van der Waals surface area contributed by atoms with Crippen molar-refractivity contribution in [2.75, 3.05) is 25.4 Å². The standard InChI is InChI=1S/C16H27N3O/c1-4-19(11-14-5-7-15(17)8-6-14)12-16(20)18-10-9-13(2)3/h5-8,13H,4,9-12,17H2,1-3H3,(H,18,20). The highest BCUT2D eigenvalue weighted by Crippen LogP contribution is 2.08. The molecule has 112 valence electrons. The van der Waals surface area contributed by atoms with Gasteiger partial charge in [0.2, 0.25) is 5.91 Å². The van der Waals surface area contributed by atoms with Crippen LogP contribution in [0.25, 0.3) is 0 Å². The second-order valence-electron chi connectivity index (χ2n) is 5.58. The molecule has 1 aromatic carbocycles. The zero-order chi connectivity index (χ0) is 15.0. The van der Waals surface area contributed by atoms with Gasteiger partial charge >= 0.3 is 0 Å². The summed E-state index contributed by atoms with van der Waals surface area (Å²) in [6.45, 7) is 9.21. The Morgan fingerprint density at radius 1 is 1.30 bits per heavy atom. The molecule has 0 saturated carbocycles. The second kappa shape index (κ2) is 8.59. The number of anilines is 1. The molecule has 0 aromatic heterocycles. The lowest BCUT2D eigenvalue weighted by molar-refractivity contribution is -0.122. The van der Waals surface area contributed by atoms with Crippen LogP contribution in [0.1, 0.15) is 32.8 Å². The normalized spacial score (nSPS) is 11.1. The fourth-order valence-electron chi connectivity index (χ4n) is 1.92. The Balaban J connectivity index is 2.38. The van der Waals surface area contributed by atoms with Gasteiger partial charge in [0, 0.05) is 18.8 Å². The van der Waals surface area contributed by atoms with E-state index in [1.54, 1.807) is 0 Å². The zero-order valence-corrected chi connectivity index (χ0v) is 12.9. The molecule has 0 aliphatic rings. The molecule has 0 atom stereocenters. The van der Waals surface area contributed by atoms with Crippen molar-refractivity contribution in [3.8, 4) is 0 Å². The van der Waals surface area contributed by atoms with Gasteiger partial charge in [-0.3, -0.25) is 9.69 Å². The number of likely N-dealkylation sites (N-methyl/N-ethyl adjacent to an activating group) is 1. The van der Waals surface area contributed by atoms with Crippen LogP contribution in [-0.2, 0) is 11.3 Å². The van der Waals surface area contributed by atoms with E-state index in [9.17, 15) is 4.79 Å². The minimum atomic E-state index is 0.0999. The number of benzene rings is 1. The van der Waals surface area contributed by atoms with Gasteiger partial charge in [-0.05, 0) is 36.6 Å². The number of carbonyl (C=O) groups is 1. The van der Waals surface area contributed by atoms with Crippen molar-refractivity contribution >= 4 is 11.6 Å². The second-order valence-corrected chi connectivity index (χ2v) is 5.58. The fourth-order valence-corrected chi connectivity index (χ4v) is 1.92. The van der Waals surface area contributed by atoms with Crippen LogP contribution >= 0.6 is 0 Å². The Bertz CT molecular complexity index is 401. The van der Waals surface area contributed by atoms with Gasteiger partial charge in [0.15, 0.2) is 0 Å². The third-order valence-corrected chi connectivity index (χ3v) is 3.24. The number of nitrogens with one attached hydrogen (secondary N) is 1. The molecule has 4 heteroatoms. The van der Waals surface area contributed by atoms with Crippen molar-refractivity contribution in [1.29, 1.82) is 0 Å². The number of rotatable bonds is 8. The molecule has 0 bridgehead atoms. The summed E-state index contributed by atoms with van der Waals surface area (Å²) in [5, 5.41) is 2.97. The summed E-state index contributed by atoms with van der Waals surface area (Å²) in [5.74, 6) is 0.718. The average Bonchev–Trinajstić information content (AvgIpc) is 2.40. The van der Waals surface area contributed by atoms with Crippen LogP contribution in [0, 0.1) is 5.92 Å². The SMILES string of the molecule is CCN(CC(=O)NCCC(C)C)Cc1ccc(N)cc1. The molecule has 1 amide bonds. The predicted octanol–water partition coefficient (Wildman–Crippen LogP) is 2.25. The summed E-state index contributed by atoms with van der Waals surface area (Å²) < 4.78 is 0. The van der Waals surface area contributed by atoms with E-state index in [0.717, 1.165) is 31.7 Å². The van der Waals surface area contributed by atoms with Gasteiger partial charge in [-0.25, -0.2) is 0 Å². The number of hydrogen-bond acceptors (Lipinski definition) is 3. The Morgan fingerprint density at radius 2 is 1.95 bits per heavy atom. The van der Waals surface area contributed by atoms with Gasteiger partial charge in [0.1, 0.15) is 0 Å². The van der Waals surface area contributed by atoms with Crippen LogP contribution in [-0.4, -0.2) is 30.4 Å². The van der Waals surface area contributed by atoms with Crippen molar-refractivity contribution in [2.24, 2.45) is 5.92 Å². The van der Waals surface area contributed by atoms with Crippen LogP contribution in [0.4, 0.5) is 5.69 Å². The lowest BCUT2D eigenvalue weighted by Crippen LogP contribution is -2.37. The first-order chi connectivity index (χ1) is 9.51. The summed E-state index contributed by atoms with van der Waals surface area (Å²) in [5.41, 5.74) is 7.62. The minimum absolute atomic E-state index is 0.0999. The van der Waals surface area contributed by atoms with Gasteiger partial charge in [-0.15, -0.1) is 0 Å². The third-order valence-electron chi connectivity index (χ3n) is 3.24. The first kappa shape index (κ1) is 16.5. The molecule has 4 nitrogen and oxygen atoms in total. The molecule has 0 aliphatic carbocycles. The van der Waals surface area contributed by atoms with Crippen molar-refractivity contribution in [1.82, 2.24) is 10.2 Å². The van der Waals surface area contributed by atoms with E-state index in [1.807, 2.05) is 24.3 Å². The molecule has 0 saturated heterocycles. The van der Waals surface area contributed by atoms with Crippen molar-refractivity contribution in [2.45, 2.75) is 33.7 Å². The van der Waals surface area contributed by atoms with Gasteiger partial charge in [-0.2, -0.15) is 0 Å². The molecule has 1 aromatic rings. The summed E-state index contributed by atoms with van der Waals surface area (Å²) in [7, 11) is 0. The van der Waals surface area contributed by atoms with E-state index in [2.05, 4.69) is 31.0 Å². The van der Waals surface area contributed by atoms with E-state index in [0.29, 0.717) is 12.5 Å². The summed E-state index contributed by atoms with van der Waals surface area (Å²) in [6, 6.07) is 7.81. The highest BCUT2D eigenvalue weighted by Gasteiger charge is 2.09. The zero-order valence-electron chi connectivity index (χ0n) is 12.9. The van der Waals surface area contributed by atoms with Crippen LogP contribution in [0.15, 0.2) is 24.3 Å². The largest absolute Gasteiger partial charge is 0.399 e. The first-order valence-electron chi connectivity index (χ1n) is 7.34. The Kier molecular flexibility index (Phi) is 7.09. The van der Waals surface area contributed by atoms with E-state index in [1.165, 1.54) is 5.56 Å². The van der Waals surface area contributed by atoms with Gasteiger partial charge in [0.05, 0.1) is 6.54 Å². The maximum absolute atomic E-state index is 11.9. The quantitative estimate of drug-likeness (QED) is 0.717. The molecule has 0 spiro atoms. The van der Waals surface area contributed by atoms with Crippen molar-refractivity contribution < 1.29 is 4.79 Å². The number of nitrogen functional groups attached to an aromatic ring is 1. The van der Waals surface area contributed by atoms with Gasteiger partial charge in [-0.1, -0.05) is 32.9 Å². The number of hydrogen-bond donors (Lipinski definition) is 2. The Hall–Kier alpha value is -1.55. The molecular formula is C16H27N3O. The molecule has 0 radical (unpaired) electrons. The molecular weight excluding hydrogens is 250 g/mol. The number of nitrogens with zero attached hydrogens (tertiary/aromatic N) is 1. The monoisotopic (exact) mass is 277 g/mol. The van der Waals surface area contributed by atoms with E-state index in [-0.39, 0.29) is 5.91 Å². The van der Waals surface area contributed by atoms with E-state index in [4.69, 9.17) is 5.73 Å². The first-order valence-corrected chi connectivity index (χ1v) is 7.34. The topological polar surface area (TPSA) is 58.4 Å². The summed E-state index contributed by atoms with van der Waals surface area (Å²) >= 11 is 0. The molecule has 1 rings (SSSR count). The minimum Gasteiger partial charge on any atom is -0.399 e. The van der Waals surface area contributed by atoms with Crippen LogP contribution in [0.2, 0.25) is 0 Å². The number of nitrogens with two attached hydrogens (primary N) is 1. The number of carbonyl (C=O) groups excluding carboxylic acids is 1. The smallest absolute Gasteiger partial charge is 0.234 e. The lowest BCUT2D eigenvalue weighted by atomic mass is 10.1. The maximum Gasteiger partial charge on any atom is 0.234 e. The van der Waals surface area contributed by atoms with E-state index < -0.39 is 0 Å². The third kappa shape index (κ3) is 6.57. The Morgan fingerprint density at radius 3 is 2.50 bits per heavy atom. The molecule has 3 N–H and O–H groups in total. The van der Waals surface area contributed by atoms with E-state index >= 15 is 0 Å². The van der Waals surface area contributed by atoms with Crippen LogP contribution in [0.5, 0.6) is 0 Å². The molecule has 0 fully saturated rings. The fraction of sp³-hybridized carbons (Fsp3) is 0.562. The van der Waals surface area contributed by atoms with Gasteiger partial charge in [0.25, 0.3) is 0 Å². The average molecular weight is 277 g/mol. The van der Waals surface area contributed by atoms with Crippen molar-refractivity contribution in [3.05, 3.63) is 29.8 Å². The maximum atomic E-state index is 11.9.